The van der Waals surface area contributed by atoms with Crippen LogP contribution in [-0.2, 0) is 17.1 Å². The van der Waals surface area contributed by atoms with Gasteiger partial charge in [-0.3, -0.25) is 0 Å². The van der Waals surface area contributed by atoms with Gasteiger partial charge in [0.1, 0.15) is 10.5 Å². The molecule has 0 spiro atoms. The molecule has 0 saturated carbocycles. The van der Waals surface area contributed by atoms with Gasteiger partial charge in [0.2, 0.25) is 10.0 Å². The van der Waals surface area contributed by atoms with Gasteiger partial charge in [0.25, 0.3) is 0 Å². The minimum atomic E-state index is -3.59. The molecule has 0 bridgehead atoms. The van der Waals surface area contributed by atoms with Crippen LogP contribution in [0.4, 0.5) is 0 Å². The van der Waals surface area contributed by atoms with Crippen molar-refractivity contribution in [2.24, 2.45) is 7.05 Å². The SMILES string of the molecule is Cn1cccc1C1CCCCN1S(=O)(=O)c1c[nH]c2ncccc12. The number of fused-ring (bicyclic) bond motifs is 1. The molecule has 1 aliphatic heterocycles. The molecule has 0 aromatic carbocycles. The summed E-state index contributed by atoms with van der Waals surface area (Å²) in [4.78, 5) is 7.48. The molecule has 1 aliphatic rings. The molecule has 0 amide bonds. The summed E-state index contributed by atoms with van der Waals surface area (Å²) in [5.41, 5.74) is 1.64. The maximum Gasteiger partial charge on any atom is 0.245 e. The lowest BCUT2D eigenvalue weighted by Crippen LogP contribution is -2.39. The molecule has 0 radical (unpaired) electrons. The van der Waals surface area contributed by atoms with E-state index in [-0.39, 0.29) is 6.04 Å². The maximum absolute atomic E-state index is 13.3. The highest BCUT2D eigenvalue weighted by Gasteiger charge is 2.36. The number of rotatable bonds is 3. The first-order valence-electron chi connectivity index (χ1n) is 8.14. The average Bonchev–Trinajstić information content (AvgIpc) is 3.21. The number of hydrogen-bond acceptors (Lipinski definition) is 3. The predicted molar refractivity (Wildman–Crippen MR) is 92.0 cm³/mol. The number of nitrogens with one attached hydrogen (secondary N) is 1. The normalized spacial score (nSPS) is 19.8. The highest BCUT2D eigenvalue weighted by Crippen LogP contribution is 2.36. The molecular weight excluding hydrogens is 324 g/mol. The fourth-order valence-electron chi connectivity index (χ4n) is 3.58. The van der Waals surface area contributed by atoms with E-state index >= 15 is 0 Å². The second kappa shape index (κ2) is 5.75. The lowest BCUT2D eigenvalue weighted by molar-refractivity contribution is 0.248. The van der Waals surface area contributed by atoms with Crippen molar-refractivity contribution in [1.82, 2.24) is 18.8 Å². The number of piperidine rings is 1. The van der Waals surface area contributed by atoms with E-state index in [1.54, 1.807) is 28.8 Å². The van der Waals surface area contributed by atoms with Crippen LogP contribution in [0.5, 0.6) is 0 Å². The van der Waals surface area contributed by atoms with Crippen molar-refractivity contribution in [3.63, 3.8) is 0 Å². The summed E-state index contributed by atoms with van der Waals surface area (Å²) in [5, 5.41) is 0.647. The van der Waals surface area contributed by atoms with Gasteiger partial charge in [-0.15, -0.1) is 0 Å². The maximum atomic E-state index is 13.3. The summed E-state index contributed by atoms with van der Waals surface area (Å²) >= 11 is 0. The van der Waals surface area contributed by atoms with Crippen LogP contribution in [-0.4, -0.2) is 33.8 Å². The Balaban J connectivity index is 1.81. The third-order valence-corrected chi connectivity index (χ3v) is 6.73. The van der Waals surface area contributed by atoms with Crippen LogP contribution in [0.1, 0.15) is 31.0 Å². The molecule has 4 rings (SSSR count). The molecule has 7 heteroatoms. The van der Waals surface area contributed by atoms with Crippen LogP contribution < -0.4 is 0 Å². The molecule has 3 aromatic heterocycles. The van der Waals surface area contributed by atoms with E-state index in [9.17, 15) is 8.42 Å². The van der Waals surface area contributed by atoms with Crippen molar-refractivity contribution in [2.45, 2.75) is 30.2 Å². The molecule has 24 heavy (non-hydrogen) atoms. The van der Waals surface area contributed by atoms with Gasteiger partial charge in [0, 0.05) is 43.3 Å². The number of aromatic nitrogens is 3. The number of sulfonamides is 1. The minimum Gasteiger partial charge on any atom is -0.353 e. The van der Waals surface area contributed by atoms with E-state index in [0.717, 1.165) is 25.0 Å². The van der Waals surface area contributed by atoms with Crippen molar-refractivity contribution in [1.29, 1.82) is 0 Å². The van der Waals surface area contributed by atoms with Gasteiger partial charge in [-0.2, -0.15) is 4.31 Å². The number of hydrogen-bond donors (Lipinski definition) is 1. The number of aromatic amines is 1. The number of H-pyrrole nitrogens is 1. The second-order valence-electron chi connectivity index (χ2n) is 6.22. The van der Waals surface area contributed by atoms with Crippen LogP contribution in [0.3, 0.4) is 0 Å². The molecule has 1 N–H and O–H groups in total. The molecule has 126 valence electrons. The largest absolute Gasteiger partial charge is 0.353 e. The van der Waals surface area contributed by atoms with E-state index in [4.69, 9.17) is 0 Å². The first kappa shape index (κ1) is 15.4. The van der Waals surface area contributed by atoms with Gasteiger partial charge in [-0.25, -0.2) is 13.4 Å². The Labute approximate surface area is 141 Å². The molecule has 3 aromatic rings. The Morgan fingerprint density at radius 2 is 2.12 bits per heavy atom. The highest BCUT2D eigenvalue weighted by molar-refractivity contribution is 7.89. The molecule has 1 fully saturated rings. The topological polar surface area (TPSA) is 71.0 Å². The summed E-state index contributed by atoms with van der Waals surface area (Å²) in [6, 6.07) is 7.41. The summed E-state index contributed by atoms with van der Waals surface area (Å²) in [5.74, 6) is 0. The quantitative estimate of drug-likeness (QED) is 0.794. The van der Waals surface area contributed by atoms with Crippen molar-refractivity contribution >= 4 is 21.1 Å². The monoisotopic (exact) mass is 344 g/mol. The molecule has 6 nitrogen and oxygen atoms in total. The summed E-state index contributed by atoms with van der Waals surface area (Å²) in [6.07, 6.45) is 7.95. The zero-order valence-electron chi connectivity index (χ0n) is 13.5. The Bertz CT molecular complexity index is 973. The van der Waals surface area contributed by atoms with Crippen molar-refractivity contribution in [3.05, 3.63) is 48.5 Å². The van der Waals surface area contributed by atoms with Crippen LogP contribution in [0.25, 0.3) is 11.0 Å². The Morgan fingerprint density at radius 1 is 1.25 bits per heavy atom. The van der Waals surface area contributed by atoms with Crippen molar-refractivity contribution in [2.75, 3.05) is 6.54 Å². The van der Waals surface area contributed by atoms with Gasteiger partial charge < -0.3 is 9.55 Å². The first-order chi connectivity index (χ1) is 11.6. The van der Waals surface area contributed by atoms with Crippen LogP contribution >= 0.6 is 0 Å². The Hall–Kier alpha value is -2.12. The predicted octanol–water partition coefficient (Wildman–Crippen LogP) is 2.82. The first-order valence-corrected chi connectivity index (χ1v) is 9.58. The fourth-order valence-corrected chi connectivity index (χ4v) is 5.40. The molecule has 1 unspecified atom stereocenters. The highest BCUT2D eigenvalue weighted by atomic mass is 32.2. The van der Waals surface area contributed by atoms with E-state index in [1.165, 1.54) is 0 Å². The molecular formula is C17H20N4O2S. The summed E-state index contributed by atoms with van der Waals surface area (Å²) in [7, 11) is -1.63. The van der Waals surface area contributed by atoms with Crippen molar-refractivity contribution in [3.8, 4) is 0 Å². The average molecular weight is 344 g/mol. The van der Waals surface area contributed by atoms with Gasteiger partial charge in [-0.05, 0) is 37.1 Å². The lowest BCUT2D eigenvalue weighted by atomic mass is 10.0. The van der Waals surface area contributed by atoms with Crippen LogP contribution in [0.2, 0.25) is 0 Å². The fraction of sp³-hybridized carbons (Fsp3) is 0.353. The lowest BCUT2D eigenvalue weighted by Gasteiger charge is -2.34. The molecule has 1 saturated heterocycles. The van der Waals surface area contributed by atoms with Gasteiger partial charge in [0.15, 0.2) is 0 Å². The molecule has 1 atom stereocenters. The van der Waals surface area contributed by atoms with Gasteiger partial charge >= 0.3 is 0 Å². The number of pyridine rings is 1. The molecule has 4 heterocycles. The Morgan fingerprint density at radius 3 is 2.92 bits per heavy atom. The van der Waals surface area contributed by atoms with Gasteiger partial charge in [0.05, 0.1) is 6.04 Å². The number of aryl methyl sites for hydroxylation is 1. The van der Waals surface area contributed by atoms with E-state index in [2.05, 4.69) is 9.97 Å². The van der Waals surface area contributed by atoms with Crippen LogP contribution in [0.15, 0.2) is 47.8 Å². The van der Waals surface area contributed by atoms with Crippen LogP contribution in [0, 0.1) is 0 Å². The van der Waals surface area contributed by atoms with Crippen molar-refractivity contribution < 1.29 is 8.42 Å². The number of nitrogens with zero attached hydrogens (tertiary/aromatic N) is 3. The second-order valence-corrected chi connectivity index (χ2v) is 8.08. The Kier molecular flexibility index (Phi) is 3.69. The van der Waals surface area contributed by atoms with E-state index < -0.39 is 10.0 Å². The van der Waals surface area contributed by atoms with Gasteiger partial charge in [-0.1, -0.05) is 6.42 Å². The smallest absolute Gasteiger partial charge is 0.245 e. The third-order valence-electron chi connectivity index (χ3n) is 4.78. The zero-order chi connectivity index (χ0) is 16.7. The third kappa shape index (κ3) is 2.35. The minimum absolute atomic E-state index is 0.120. The summed E-state index contributed by atoms with van der Waals surface area (Å²) < 4.78 is 30.4. The standard InChI is InChI=1S/C17H20N4O2S/c1-20-10-5-8-14(20)15-7-2-3-11-21(15)24(22,23)16-12-19-17-13(16)6-4-9-18-17/h4-6,8-10,12,15H,2-3,7,11H2,1H3,(H,18,19). The zero-order valence-corrected chi connectivity index (χ0v) is 14.3. The van der Waals surface area contributed by atoms with E-state index in [1.807, 2.05) is 29.9 Å². The summed E-state index contributed by atoms with van der Waals surface area (Å²) in [6.45, 7) is 0.547. The van der Waals surface area contributed by atoms with E-state index in [0.29, 0.717) is 22.5 Å². The molecule has 0 aliphatic carbocycles.